The zero-order valence-electron chi connectivity index (χ0n) is 15.5. The Morgan fingerprint density at radius 1 is 1.17 bits per heavy atom. The molecule has 0 atom stereocenters. The SMILES string of the molecule is Cc1ccc(CSc2nc3c(c(=O)n2-c2cccc(C(F)(F)F)c2)SCC3)cc1. The predicted molar refractivity (Wildman–Crippen MR) is 110 cm³/mol. The van der Waals surface area contributed by atoms with Crippen LogP contribution in [0, 0.1) is 6.92 Å². The Bertz CT molecular complexity index is 1110. The second-order valence-corrected chi connectivity index (χ2v) is 8.78. The number of hydrogen-bond acceptors (Lipinski definition) is 4. The average molecular weight is 435 g/mol. The molecule has 0 radical (unpaired) electrons. The van der Waals surface area contributed by atoms with Crippen molar-refractivity contribution in [3.05, 3.63) is 81.3 Å². The molecule has 8 heteroatoms. The molecule has 3 nitrogen and oxygen atoms in total. The molecule has 0 saturated heterocycles. The summed E-state index contributed by atoms with van der Waals surface area (Å²) in [7, 11) is 0. The van der Waals surface area contributed by atoms with Crippen LogP contribution < -0.4 is 5.56 Å². The van der Waals surface area contributed by atoms with Gasteiger partial charge in [0.1, 0.15) is 0 Å². The fraction of sp³-hybridized carbons (Fsp3) is 0.238. The van der Waals surface area contributed by atoms with E-state index >= 15 is 0 Å². The molecule has 29 heavy (non-hydrogen) atoms. The molecule has 0 bridgehead atoms. The minimum absolute atomic E-state index is 0.180. The summed E-state index contributed by atoms with van der Waals surface area (Å²) in [6.07, 6.45) is -3.79. The second kappa shape index (κ2) is 7.91. The van der Waals surface area contributed by atoms with Crippen LogP contribution in [-0.4, -0.2) is 15.3 Å². The van der Waals surface area contributed by atoms with Gasteiger partial charge in [-0.3, -0.25) is 9.36 Å². The van der Waals surface area contributed by atoms with Gasteiger partial charge >= 0.3 is 6.18 Å². The van der Waals surface area contributed by atoms with Gasteiger partial charge in [-0.05, 0) is 30.7 Å². The van der Waals surface area contributed by atoms with E-state index in [1.807, 2.05) is 31.2 Å². The van der Waals surface area contributed by atoms with Crippen molar-refractivity contribution in [2.45, 2.75) is 35.3 Å². The lowest BCUT2D eigenvalue weighted by molar-refractivity contribution is -0.137. The molecule has 4 rings (SSSR count). The molecule has 1 aliphatic heterocycles. The standard InChI is InChI=1S/C21H17F3N2OS2/c1-13-5-7-14(8-6-13)12-29-20-25-17-9-10-28-18(17)19(27)26(20)16-4-2-3-15(11-16)21(22,23)24/h2-8,11H,9-10,12H2,1H3. The van der Waals surface area contributed by atoms with Gasteiger partial charge in [0.05, 0.1) is 21.8 Å². The topological polar surface area (TPSA) is 34.9 Å². The van der Waals surface area contributed by atoms with Gasteiger partial charge in [-0.1, -0.05) is 47.7 Å². The van der Waals surface area contributed by atoms with Crippen LogP contribution in [0.25, 0.3) is 5.69 Å². The Hall–Kier alpha value is -2.19. The molecule has 0 spiro atoms. The van der Waals surface area contributed by atoms with E-state index in [2.05, 4.69) is 4.98 Å². The predicted octanol–water partition coefficient (Wildman–Crippen LogP) is 5.50. The number of thioether (sulfide) groups is 2. The van der Waals surface area contributed by atoms with E-state index in [1.165, 1.54) is 40.2 Å². The highest BCUT2D eigenvalue weighted by Gasteiger charge is 2.31. The third-order valence-electron chi connectivity index (χ3n) is 4.59. The van der Waals surface area contributed by atoms with E-state index in [4.69, 9.17) is 0 Å². The Kier molecular flexibility index (Phi) is 5.48. The molecular formula is C21H17F3N2OS2. The molecule has 2 heterocycles. The van der Waals surface area contributed by atoms with Crippen molar-refractivity contribution in [3.63, 3.8) is 0 Å². The number of fused-ring (bicyclic) bond motifs is 1. The molecule has 0 unspecified atom stereocenters. The molecule has 0 amide bonds. The van der Waals surface area contributed by atoms with Crippen LogP contribution in [0.1, 0.15) is 22.4 Å². The van der Waals surface area contributed by atoms with Crippen molar-refractivity contribution in [1.29, 1.82) is 0 Å². The fourth-order valence-corrected chi connectivity index (χ4v) is 5.08. The quantitative estimate of drug-likeness (QED) is 0.401. The Morgan fingerprint density at radius 3 is 2.66 bits per heavy atom. The Balaban J connectivity index is 1.78. The van der Waals surface area contributed by atoms with Crippen LogP contribution in [0.5, 0.6) is 0 Å². The molecule has 1 aromatic heterocycles. The van der Waals surface area contributed by atoms with Gasteiger partial charge in [-0.2, -0.15) is 13.2 Å². The second-order valence-electron chi connectivity index (χ2n) is 6.73. The first kappa shape index (κ1) is 20.1. The maximum Gasteiger partial charge on any atom is 0.416 e. The number of nitrogens with zero attached hydrogens (tertiary/aromatic N) is 2. The minimum Gasteiger partial charge on any atom is -0.268 e. The largest absolute Gasteiger partial charge is 0.416 e. The summed E-state index contributed by atoms with van der Waals surface area (Å²) in [5.74, 6) is 1.32. The van der Waals surface area contributed by atoms with Crippen molar-refractivity contribution >= 4 is 23.5 Å². The summed E-state index contributed by atoms with van der Waals surface area (Å²) in [6.45, 7) is 2.00. The first-order valence-corrected chi connectivity index (χ1v) is 10.9. The zero-order chi connectivity index (χ0) is 20.6. The number of halogens is 3. The van der Waals surface area contributed by atoms with Gasteiger partial charge in [0, 0.05) is 17.9 Å². The highest BCUT2D eigenvalue weighted by Crippen LogP contribution is 2.33. The molecule has 0 N–H and O–H groups in total. The number of alkyl halides is 3. The number of rotatable bonds is 4. The van der Waals surface area contributed by atoms with Gasteiger partial charge in [-0.15, -0.1) is 11.8 Å². The van der Waals surface area contributed by atoms with Crippen LogP contribution in [0.3, 0.4) is 0 Å². The molecule has 1 aliphatic rings. The number of benzene rings is 2. The van der Waals surface area contributed by atoms with E-state index in [0.29, 0.717) is 22.2 Å². The van der Waals surface area contributed by atoms with Crippen LogP contribution in [0.2, 0.25) is 0 Å². The van der Waals surface area contributed by atoms with Gasteiger partial charge in [0.15, 0.2) is 5.16 Å². The lowest BCUT2D eigenvalue weighted by Crippen LogP contribution is -2.24. The van der Waals surface area contributed by atoms with E-state index in [1.54, 1.807) is 0 Å². The third-order valence-corrected chi connectivity index (χ3v) is 6.70. The number of hydrogen-bond donors (Lipinski definition) is 0. The number of aromatic nitrogens is 2. The lowest BCUT2D eigenvalue weighted by atomic mass is 10.2. The van der Waals surface area contributed by atoms with Crippen molar-refractivity contribution in [1.82, 2.24) is 9.55 Å². The van der Waals surface area contributed by atoms with Gasteiger partial charge in [0.2, 0.25) is 0 Å². The first-order chi connectivity index (χ1) is 13.8. The van der Waals surface area contributed by atoms with Crippen molar-refractivity contribution < 1.29 is 13.2 Å². The molecule has 0 fully saturated rings. The molecule has 0 saturated carbocycles. The Labute approximate surface area is 174 Å². The van der Waals surface area contributed by atoms with Crippen LogP contribution in [0.15, 0.2) is 63.4 Å². The van der Waals surface area contributed by atoms with Gasteiger partial charge in [-0.25, -0.2) is 4.98 Å². The summed E-state index contributed by atoms with van der Waals surface area (Å²) < 4.78 is 40.9. The summed E-state index contributed by atoms with van der Waals surface area (Å²) in [5, 5.41) is 0.413. The normalized spacial score (nSPS) is 13.5. The molecule has 3 aromatic rings. The highest BCUT2D eigenvalue weighted by molar-refractivity contribution is 7.99. The van der Waals surface area contributed by atoms with Crippen molar-refractivity contribution in [3.8, 4) is 5.69 Å². The smallest absolute Gasteiger partial charge is 0.268 e. The van der Waals surface area contributed by atoms with E-state index in [0.717, 1.165) is 34.7 Å². The summed E-state index contributed by atoms with van der Waals surface area (Å²) in [4.78, 5) is 18.3. The van der Waals surface area contributed by atoms with Crippen LogP contribution in [0.4, 0.5) is 13.2 Å². The molecule has 2 aromatic carbocycles. The van der Waals surface area contributed by atoms with E-state index in [-0.39, 0.29) is 11.2 Å². The molecular weight excluding hydrogens is 417 g/mol. The van der Waals surface area contributed by atoms with Gasteiger partial charge < -0.3 is 0 Å². The van der Waals surface area contributed by atoms with Gasteiger partial charge in [0.25, 0.3) is 5.56 Å². The Morgan fingerprint density at radius 2 is 1.93 bits per heavy atom. The average Bonchev–Trinajstić information content (AvgIpc) is 3.16. The van der Waals surface area contributed by atoms with E-state index in [9.17, 15) is 18.0 Å². The van der Waals surface area contributed by atoms with Crippen molar-refractivity contribution in [2.24, 2.45) is 0 Å². The number of aryl methyl sites for hydroxylation is 2. The highest BCUT2D eigenvalue weighted by atomic mass is 32.2. The van der Waals surface area contributed by atoms with Crippen LogP contribution >= 0.6 is 23.5 Å². The van der Waals surface area contributed by atoms with Crippen molar-refractivity contribution in [2.75, 3.05) is 5.75 Å². The minimum atomic E-state index is -4.48. The molecule has 150 valence electrons. The zero-order valence-corrected chi connectivity index (χ0v) is 17.1. The monoisotopic (exact) mass is 434 g/mol. The summed E-state index contributed by atoms with van der Waals surface area (Å²) in [6, 6.07) is 12.8. The first-order valence-electron chi connectivity index (χ1n) is 8.97. The maximum atomic E-state index is 13.2. The summed E-state index contributed by atoms with van der Waals surface area (Å²) >= 11 is 2.77. The fourth-order valence-electron chi connectivity index (χ4n) is 3.07. The third kappa shape index (κ3) is 4.23. The summed E-state index contributed by atoms with van der Waals surface area (Å²) in [5.41, 5.74) is 2.02. The van der Waals surface area contributed by atoms with Crippen LogP contribution in [-0.2, 0) is 18.3 Å². The van der Waals surface area contributed by atoms with E-state index < -0.39 is 11.7 Å². The lowest BCUT2D eigenvalue weighted by Gasteiger charge is -2.15. The maximum absolute atomic E-state index is 13.2. The molecule has 0 aliphatic carbocycles.